The average molecular weight is 248 g/mol. The van der Waals surface area contributed by atoms with E-state index in [0.29, 0.717) is 12.4 Å². The van der Waals surface area contributed by atoms with Gasteiger partial charge < -0.3 is 16.0 Å². The smallest absolute Gasteiger partial charge is 0.241 e. The first-order valence-corrected chi connectivity index (χ1v) is 5.69. The van der Waals surface area contributed by atoms with Gasteiger partial charge in [0, 0.05) is 30.9 Å². The van der Waals surface area contributed by atoms with Gasteiger partial charge in [-0.15, -0.1) is 0 Å². The highest BCUT2D eigenvalue weighted by Crippen LogP contribution is 2.04. The number of aryl methyl sites for hydroxylation is 1. The quantitative estimate of drug-likeness (QED) is 0.685. The number of aromatic amines is 1. The zero-order valence-electron chi connectivity index (χ0n) is 10.2. The summed E-state index contributed by atoms with van der Waals surface area (Å²) in [6.45, 7) is 2.53. The summed E-state index contributed by atoms with van der Waals surface area (Å²) in [6.07, 6.45) is 4.07. The molecule has 0 atom stereocenters. The molecule has 7 nitrogen and oxygen atoms in total. The molecule has 18 heavy (non-hydrogen) atoms. The van der Waals surface area contributed by atoms with Gasteiger partial charge in [-0.25, -0.2) is 9.67 Å². The first-order valence-electron chi connectivity index (χ1n) is 5.69. The van der Waals surface area contributed by atoms with Gasteiger partial charge >= 0.3 is 0 Å². The number of nitrogens with one attached hydrogen (secondary N) is 2. The molecule has 2 rings (SSSR count). The van der Waals surface area contributed by atoms with E-state index < -0.39 is 0 Å². The van der Waals surface area contributed by atoms with E-state index in [1.54, 1.807) is 18.6 Å². The molecule has 0 aliphatic carbocycles. The number of rotatable bonds is 5. The molecule has 0 radical (unpaired) electrons. The van der Waals surface area contributed by atoms with Crippen LogP contribution in [0.5, 0.6) is 0 Å². The van der Waals surface area contributed by atoms with Gasteiger partial charge in [0.05, 0.1) is 12.0 Å². The SMILES string of the molecule is Cc1cc(N)n(CC(=O)NCCc2cnc[nH]2)n1. The van der Waals surface area contributed by atoms with Crippen molar-refractivity contribution >= 4 is 11.7 Å². The molecule has 7 heteroatoms. The van der Waals surface area contributed by atoms with E-state index in [9.17, 15) is 4.79 Å². The normalized spacial score (nSPS) is 10.5. The number of hydrogen-bond donors (Lipinski definition) is 3. The predicted molar refractivity (Wildman–Crippen MR) is 66.7 cm³/mol. The highest BCUT2D eigenvalue weighted by Gasteiger charge is 2.07. The van der Waals surface area contributed by atoms with Gasteiger partial charge in [0.2, 0.25) is 5.91 Å². The van der Waals surface area contributed by atoms with Gasteiger partial charge in [-0.05, 0) is 6.92 Å². The molecule has 96 valence electrons. The van der Waals surface area contributed by atoms with Crippen LogP contribution < -0.4 is 11.1 Å². The van der Waals surface area contributed by atoms with Crippen molar-refractivity contribution < 1.29 is 4.79 Å². The van der Waals surface area contributed by atoms with Crippen LogP contribution in [0.15, 0.2) is 18.6 Å². The third-order valence-electron chi connectivity index (χ3n) is 2.50. The Morgan fingerprint density at radius 2 is 2.44 bits per heavy atom. The Hall–Kier alpha value is -2.31. The van der Waals surface area contributed by atoms with Crippen LogP contribution in [0.2, 0.25) is 0 Å². The second-order valence-corrected chi connectivity index (χ2v) is 4.05. The molecular weight excluding hydrogens is 232 g/mol. The summed E-state index contributed by atoms with van der Waals surface area (Å²) in [4.78, 5) is 18.5. The van der Waals surface area contributed by atoms with Crippen molar-refractivity contribution in [3.63, 3.8) is 0 Å². The molecule has 1 amide bonds. The largest absolute Gasteiger partial charge is 0.384 e. The standard InChI is InChI=1S/C11H16N6O/c1-8-4-10(12)17(16-8)6-11(18)14-3-2-9-5-13-7-15-9/h4-5,7H,2-3,6,12H2,1H3,(H,13,15)(H,14,18). The van der Waals surface area contributed by atoms with Crippen molar-refractivity contribution in [1.29, 1.82) is 0 Å². The topological polar surface area (TPSA) is 102 Å². The fourth-order valence-electron chi connectivity index (χ4n) is 1.64. The van der Waals surface area contributed by atoms with Crippen LogP contribution in [-0.2, 0) is 17.8 Å². The number of imidazole rings is 1. The van der Waals surface area contributed by atoms with Gasteiger partial charge in [-0.3, -0.25) is 4.79 Å². The number of hydrogen-bond acceptors (Lipinski definition) is 4. The third kappa shape index (κ3) is 3.09. The van der Waals surface area contributed by atoms with Crippen molar-refractivity contribution in [3.8, 4) is 0 Å². The van der Waals surface area contributed by atoms with E-state index in [1.165, 1.54) is 4.68 Å². The molecule has 0 aromatic carbocycles. The highest BCUT2D eigenvalue weighted by atomic mass is 16.2. The van der Waals surface area contributed by atoms with Crippen LogP contribution in [0.3, 0.4) is 0 Å². The predicted octanol–water partition coefficient (Wildman–Crippen LogP) is -0.144. The maximum Gasteiger partial charge on any atom is 0.241 e. The van der Waals surface area contributed by atoms with Crippen LogP contribution in [0, 0.1) is 6.92 Å². The maximum absolute atomic E-state index is 11.6. The second-order valence-electron chi connectivity index (χ2n) is 4.05. The van der Waals surface area contributed by atoms with Crippen molar-refractivity contribution in [2.75, 3.05) is 12.3 Å². The number of nitrogen functional groups attached to an aromatic ring is 1. The Bertz CT molecular complexity index is 516. The Morgan fingerprint density at radius 3 is 3.06 bits per heavy atom. The number of carbonyl (C=O) groups excluding carboxylic acids is 1. The number of amides is 1. The van der Waals surface area contributed by atoms with Crippen LogP contribution in [-0.4, -0.2) is 32.2 Å². The average Bonchev–Trinajstić information content (AvgIpc) is 2.90. The number of anilines is 1. The highest BCUT2D eigenvalue weighted by molar-refractivity contribution is 5.76. The molecule has 0 spiro atoms. The lowest BCUT2D eigenvalue weighted by Gasteiger charge is -2.05. The third-order valence-corrected chi connectivity index (χ3v) is 2.50. The van der Waals surface area contributed by atoms with E-state index in [4.69, 9.17) is 5.73 Å². The Labute approximate surface area is 104 Å². The molecule has 2 heterocycles. The lowest BCUT2D eigenvalue weighted by Crippen LogP contribution is -2.30. The summed E-state index contributed by atoms with van der Waals surface area (Å²) in [5.41, 5.74) is 7.50. The summed E-state index contributed by atoms with van der Waals surface area (Å²) < 4.78 is 1.49. The summed E-state index contributed by atoms with van der Waals surface area (Å²) in [7, 11) is 0. The molecule has 0 saturated carbocycles. The summed E-state index contributed by atoms with van der Waals surface area (Å²) in [6, 6.07) is 1.73. The minimum Gasteiger partial charge on any atom is -0.384 e. The van der Waals surface area contributed by atoms with Gasteiger partial charge in [0.15, 0.2) is 0 Å². The van der Waals surface area contributed by atoms with Gasteiger partial charge in [0.25, 0.3) is 0 Å². The van der Waals surface area contributed by atoms with Crippen molar-refractivity contribution in [1.82, 2.24) is 25.1 Å². The van der Waals surface area contributed by atoms with E-state index in [-0.39, 0.29) is 12.5 Å². The number of carbonyl (C=O) groups is 1. The fourth-order valence-corrected chi connectivity index (χ4v) is 1.64. The zero-order valence-corrected chi connectivity index (χ0v) is 10.2. The molecule has 0 saturated heterocycles. The fraction of sp³-hybridized carbons (Fsp3) is 0.364. The van der Waals surface area contributed by atoms with E-state index >= 15 is 0 Å². The molecule has 0 aliphatic rings. The summed E-state index contributed by atoms with van der Waals surface area (Å²) in [5.74, 6) is 0.389. The number of aromatic nitrogens is 4. The van der Waals surface area contributed by atoms with Crippen molar-refractivity contribution in [3.05, 3.63) is 30.0 Å². The number of nitrogens with zero attached hydrogens (tertiary/aromatic N) is 3. The van der Waals surface area contributed by atoms with Crippen LogP contribution >= 0.6 is 0 Å². The number of H-pyrrole nitrogens is 1. The Balaban J connectivity index is 1.77. The van der Waals surface area contributed by atoms with E-state index in [2.05, 4.69) is 20.4 Å². The summed E-state index contributed by atoms with van der Waals surface area (Å²) in [5, 5.41) is 6.93. The molecule has 2 aromatic heterocycles. The van der Waals surface area contributed by atoms with Gasteiger partial charge in [-0.2, -0.15) is 5.10 Å². The number of nitrogens with two attached hydrogens (primary N) is 1. The lowest BCUT2D eigenvalue weighted by atomic mass is 10.3. The van der Waals surface area contributed by atoms with Crippen LogP contribution in [0.4, 0.5) is 5.82 Å². The van der Waals surface area contributed by atoms with Crippen LogP contribution in [0.25, 0.3) is 0 Å². The zero-order chi connectivity index (χ0) is 13.0. The molecule has 4 N–H and O–H groups in total. The van der Waals surface area contributed by atoms with Gasteiger partial charge in [0.1, 0.15) is 12.4 Å². The first kappa shape index (κ1) is 12.2. The molecule has 0 unspecified atom stereocenters. The van der Waals surface area contributed by atoms with E-state index in [1.807, 2.05) is 6.92 Å². The maximum atomic E-state index is 11.6. The molecule has 0 aliphatic heterocycles. The molecule has 2 aromatic rings. The Morgan fingerprint density at radius 1 is 1.61 bits per heavy atom. The molecular formula is C11H16N6O. The molecule has 0 fully saturated rings. The second kappa shape index (κ2) is 5.35. The lowest BCUT2D eigenvalue weighted by molar-refractivity contribution is -0.121. The monoisotopic (exact) mass is 248 g/mol. The molecule has 0 bridgehead atoms. The van der Waals surface area contributed by atoms with Crippen molar-refractivity contribution in [2.45, 2.75) is 19.9 Å². The minimum absolute atomic E-state index is 0.107. The minimum atomic E-state index is -0.107. The first-order chi connectivity index (χ1) is 8.65. The van der Waals surface area contributed by atoms with E-state index in [0.717, 1.165) is 17.8 Å². The van der Waals surface area contributed by atoms with Gasteiger partial charge in [-0.1, -0.05) is 0 Å². The summed E-state index contributed by atoms with van der Waals surface area (Å²) >= 11 is 0. The van der Waals surface area contributed by atoms with Crippen molar-refractivity contribution in [2.24, 2.45) is 0 Å². The Kier molecular flexibility index (Phi) is 3.61. The van der Waals surface area contributed by atoms with Crippen LogP contribution in [0.1, 0.15) is 11.4 Å².